The molecule has 0 saturated heterocycles. The van der Waals surface area contributed by atoms with Gasteiger partial charge in [-0.3, -0.25) is 5.41 Å². The van der Waals surface area contributed by atoms with Gasteiger partial charge >= 0.3 is 0 Å². The molecule has 0 aromatic heterocycles. The number of anilines is 3. The molecule has 216 valence electrons. The Morgan fingerprint density at radius 1 is 1.17 bits per heavy atom. The standard InChI is InChI=1S/C32H41N5O3Si/c1-41(2,3)20-19-40-23-34-31-21-25(13-15-27(31)29(33)22-35-37-16-6-7-17-37)36-30-11-5-4-10-28(30)32(39)26-14-12-24(26)9-8-18-38/h4-7,10-11,13,15-17,21-22,24,26,32-34,36,38-39H,9,12,14,19-20,23H2,1-3H3/p+2/b33-29?,35-22+/t24?,26?,32-/m0/s1. The molecule has 4 rings (SSSR count). The summed E-state index contributed by atoms with van der Waals surface area (Å²) in [6, 6.07) is 14.9. The van der Waals surface area contributed by atoms with Gasteiger partial charge in [-0.05, 0) is 67.1 Å². The molecule has 9 heteroatoms. The Morgan fingerprint density at radius 3 is 2.66 bits per heavy atom. The molecular weight excluding hydrogens is 530 g/mol. The number of ether oxygens (including phenoxy) is 1. The Hall–Kier alpha value is -3.68. The summed E-state index contributed by atoms with van der Waals surface area (Å²) in [5.74, 6) is 3.15. The van der Waals surface area contributed by atoms with Gasteiger partial charge < -0.3 is 25.6 Å². The molecule has 3 atom stereocenters. The van der Waals surface area contributed by atoms with E-state index in [1.54, 1.807) is 6.21 Å². The molecule has 1 heterocycles. The average molecular weight is 574 g/mol. The Bertz CT molecular complexity index is 1340. The zero-order valence-electron chi connectivity index (χ0n) is 24.2. The van der Waals surface area contributed by atoms with Crippen LogP contribution in [0.4, 0.5) is 17.1 Å². The first-order chi connectivity index (χ1) is 19.7. The highest BCUT2D eigenvalue weighted by atomic mass is 28.3. The number of hydrogen-bond donors (Lipinski definition) is 6. The van der Waals surface area contributed by atoms with Crippen LogP contribution in [0.5, 0.6) is 0 Å². The summed E-state index contributed by atoms with van der Waals surface area (Å²) >= 11 is 0. The minimum absolute atomic E-state index is 0.114. The van der Waals surface area contributed by atoms with Crippen LogP contribution in [-0.2, 0) is 4.74 Å². The fourth-order valence-corrected chi connectivity index (χ4v) is 5.72. The van der Waals surface area contributed by atoms with Crippen LogP contribution in [0.25, 0.3) is 0 Å². The van der Waals surface area contributed by atoms with E-state index < -0.39 is 14.2 Å². The molecule has 7 N–H and O–H groups in total. The molecule has 2 aromatic rings. The SMILES string of the molecule is C[Si](C)(C)CCOCNc1cc(Nc2ccccc2[C@@H](O)C2CCC2CC#CO)ccc1C(=[NH2+])/C=N/[NH+]1C=CC=C1. The smallest absolute Gasteiger partial charge is 0.229 e. The van der Waals surface area contributed by atoms with Gasteiger partial charge in [0.1, 0.15) is 25.2 Å². The second-order valence-corrected chi connectivity index (χ2v) is 17.4. The lowest BCUT2D eigenvalue weighted by molar-refractivity contribution is -0.794. The van der Waals surface area contributed by atoms with Gasteiger partial charge in [-0.1, -0.05) is 48.9 Å². The average Bonchev–Trinajstić information content (AvgIpc) is 3.45. The van der Waals surface area contributed by atoms with E-state index in [9.17, 15) is 5.11 Å². The van der Waals surface area contributed by atoms with Crippen molar-refractivity contribution in [2.75, 3.05) is 24.0 Å². The van der Waals surface area contributed by atoms with E-state index >= 15 is 0 Å². The van der Waals surface area contributed by atoms with Crippen LogP contribution in [0.1, 0.15) is 36.5 Å². The van der Waals surface area contributed by atoms with Crippen molar-refractivity contribution in [3.63, 3.8) is 0 Å². The third-order valence-corrected chi connectivity index (χ3v) is 9.28. The third kappa shape index (κ3) is 8.65. The maximum Gasteiger partial charge on any atom is 0.229 e. The van der Waals surface area contributed by atoms with Gasteiger partial charge in [0.25, 0.3) is 0 Å². The number of benzene rings is 2. The van der Waals surface area contributed by atoms with Crippen LogP contribution in [0.2, 0.25) is 25.7 Å². The van der Waals surface area contributed by atoms with Crippen molar-refractivity contribution in [3.05, 3.63) is 78.1 Å². The summed E-state index contributed by atoms with van der Waals surface area (Å²) in [6.45, 7) is 8.08. The largest absolute Gasteiger partial charge is 0.462 e. The molecule has 8 nitrogen and oxygen atoms in total. The number of rotatable bonds is 14. The summed E-state index contributed by atoms with van der Waals surface area (Å²) in [6.07, 6.45) is 13.3. The number of aliphatic hydroxyl groups excluding tert-OH is 2. The van der Waals surface area contributed by atoms with Crippen LogP contribution in [0, 0.1) is 23.9 Å². The maximum atomic E-state index is 11.3. The number of nitrogens with two attached hydrogens (primary N) is 1. The molecule has 0 spiro atoms. The minimum atomic E-state index is -1.18. The second kappa shape index (κ2) is 14.3. The lowest BCUT2D eigenvalue weighted by atomic mass is 9.68. The molecule has 1 fully saturated rings. The number of nitrogens with one attached hydrogen (secondary N) is 3. The van der Waals surface area contributed by atoms with E-state index in [-0.39, 0.29) is 11.8 Å². The summed E-state index contributed by atoms with van der Waals surface area (Å²) in [4.78, 5) is 0. The lowest BCUT2D eigenvalue weighted by Crippen LogP contribution is -2.96. The summed E-state index contributed by atoms with van der Waals surface area (Å²) in [5, 5.41) is 38.9. The Balaban J connectivity index is 1.51. The number of allylic oxidation sites excluding steroid dienone is 2. The van der Waals surface area contributed by atoms with Crippen molar-refractivity contribution >= 4 is 37.1 Å². The second-order valence-electron chi connectivity index (χ2n) is 11.8. The monoisotopic (exact) mass is 573 g/mol. The first kappa shape index (κ1) is 30.3. The number of hydrogen-bond acceptors (Lipinski definition) is 6. The van der Waals surface area contributed by atoms with Gasteiger partial charge in [-0.25, -0.2) is 0 Å². The molecule has 1 saturated carbocycles. The van der Waals surface area contributed by atoms with Gasteiger partial charge in [0, 0.05) is 38.0 Å². The van der Waals surface area contributed by atoms with Crippen molar-refractivity contribution in [2.24, 2.45) is 16.9 Å². The van der Waals surface area contributed by atoms with Crippen molar-refractivity contribution < 1.29 is 25.4 Å². The molecule has 0 radical (unpaired) electrons. The van der Waals surface area contributed by atoms with Crippen molar-refractivity contribution in [1.82, 2.24) is 0 Å². The van der Waals surface area contributed by atoms with Crippen LogP contribution >= 0.6 is 0 Å². The molecule has 1 aliphatic carbocycles. The zero-order valence-corrected chi connectivity index (χ0v) is 25.2. The van der Waals surface area contributed by atoms with E-state index in [0.717, 1.165) is 52.1 Å². The van der Waals surface area contributed by atoms with Gasteiger partial charge in [0.15, 0.2) is 6.21 Å². The fourth-order valence-electron chi connectivity index (χ4n) is 4.96. The van der Waals surface area contributed by atoms with Gasteiger partial charge in [0.2, 0.25) is 5.71 Å². The van der Waals surface area contributed by atoms with Gasteiger partial charge in [-0.2, -0.15) is 5.01 Å². The molecule has 1 aliphatic heterocycles. The normalized spacial score (nSPS) is 19.0. The molecule has 2 aliphatic rings. The molecule has 0 amide bonds. The number of aliphatic hydroxyl groups is 2. The van der Waals surface area contributed by atoms with E-state index in [1.807, 2.05) is 73.1 Å². The van der Waals surface area contributed by atoms with Crippen LogP contribution in [-0.4, -0.2) is 43.6 Å². The van der Waals surface area contributed by atoms with E-state index in [0.29, 0.717) is 25.5 Å². The highest BCUT2D eigenvalue weighted by molar-refractivity contribution is 6.76. The van der Waals surface area contributed by atoms with E-state index in [1.165, 1.54) is 0 Å². The molecular formula is C32H43N5O3Si+2. The van der Waals surface area contributed by atoms with Crippen molar-refractivity contribution in [1.29, 1.82) is 0 Å². The lowest BCUT2D eigenvalue weighted by Gasteiger charge is -2.39. The summed E-state index contributed by atoms with van der Waals surface area (Å²) in [7, 11) is -1.18. The quantitative estimate of drug-likeness (QED) is 0.0682. The Morgan fingerprint density at radius 2 is 1.95 bits per heavy atom. The summed E-state index contributed by atoms with van der Waals surface area (Å²) in [5.41, 5.74) is 4.75. The first-order valence-corrected chi connectivity index (χ1v) is 18.0. The highest BCUT2D eigenvalue weighted by Crippen LogP contribution is 2.46. The Labute approximate surface area is 244 Å². The maximum absolute atomic E-state index is 11.3. The van der Waals surface area contributed by atoms with Crippen LogP contribution in [0.15, 0.2) is 72.1 Å². The number of quaternary nitrogens is 1. The minimum Gasteiger partial charge on any atom is -0.462 e. The zero-order chi connectivity index (χ0) is 29.2. The molecule has 0 bridgehead atoms. The molecule has 2 aromatic carbocycles. The highest BCUT2D eigenvalue weighted by Gasteiger charge is 2.37. The topological polar surface area (TPSA) is 116 Å². The summed E-state index contributed by atoms with van der Waals surface area (Å²) < 4.78 is 5.92. The van der Waals surface area contributed by atoms with E-state index in [4.69, 9.17) is 15.3 Å². The van der Waals surface area contributed by atoms with Crippen LogP contribution < -0.4 is 21.1 Å². The first-order valence-electron chi connectivity index (χ1n) is 14.3. The van der Waals surface area contributed by atoms with E-state index in [2.05, 4.69) is 41.3 Å². The number of para-hydroxylation sites is 1. The Kier molecular flexibility index (Phi) is 10.5. The van der Waals surface area contributed by atoms with Crippen molar-refractivity contribution in [2.45, 2.75) is 51.1 Å². The molecule has 41 heavy (non-hydrogen) atoms. The van der Waals surface area contributed by atoms with Gasteiger partial charge in [-0.15, -0.1) is 0 Å². The van der Waals surface area contributed by atoms with Gasteiger partial charge in [0.05, 0.1) is 17.4 Å². The molecule has 2 unspecified atom stereocenters. The fraction of sp³-hybridized carbons (Fsp3) is 0.375. The predicted molar refractivity (Wildman–Crippen MR) is 168 cm³/mol. The van der Waals surface area contributed by atoms with Crippen molar-refractivity contribution in [3.8, 4) is 12.0 Å². The van der Waals surface area contributed by atoms with Crippen LogP contribution in [0.3, 0.4) is 0 Å². The third-order valence-electron chi connectivity index (χ3n) is 7.57. The predicted octanol–water partition coefficient (Wildman–Crippen LogP) is 3.40. The number of nitrogens with zero attached hydrogens (tertiary/aromatic N) is 1.